The molecular weight excluding hydrogens is 419 g/mol. The van der Waals surface area contributed by atoms with Gasteiger partial charge in [0, 0.05) is 31.4 Å². The second kappa shape index (κ2) is 9.25. The molecule has 3 rings (SSSR count). The molecule has 168 valence electrons. The Morgan fingerprint density at radius 2 is 2.00 bits per heavy atom. The van der Waals surface area contributed by atoms with Crippen LogP contribution in [0, 0.1) is 0 Å². The number of hydrogen-bond acceptors (Lipinski definition) is 8. The normalized spacial score (nSPS) is 16.6. The lowest BCUT2D eigenvalue weighted by Gasteiger charge is -2.31. The van der Waals surface area contributed by atoms with Crippen LogP contribution in [0.4, 0.5) is 30.6 Å². The number of aromatic nitrogens is 2. The Kier molecular flexibility index (Phi) is 6.68. The standard InChI is InChI=1S/C19H22F3N5O4/c1-23-17-12(19(20,21)22)8-24-18(26-17)25-13-7-14(29-2)11(6-15(13)30-3)16-9-27(10-28)4-5-31-16/h6-8,10,16H,4-5,9H2,1-3H3,(H2,23,24,25,26). The number of morpholine rings is 1. The van der Waals surface area contributed by atoms with Gasteiger partial charge in [0.2, 0.25) is 12.4 Å². The second-order valence-corrected chi connectivity index (χ2v) is 6.58. The quantitative estimate of drug-likeness (QED) is 0.633. The minimum atomic E-state index is -4.59. The molecule has 1 aromatic carbocycles. The number of nitrogens with one attached hydrogen (secondary N) is 2. The van der Waals surface area contributed by atoms with Gasteiger partial charge in [0.1, 0.15) is 29.0 Å². The molecule has 1 amide bonds. The number of alkyl halides is 3. The van der Waals surface area contributed by atoms with Crippen LogP contribution >= 0.6 is 0 Å². The molecule has 0 radical (unpaired) electrons. The number of benzene rings is 1. The highest BCUT2D eigenvalue weighted by molar-refractivity contribution is 5.68. The van der Waals surface area contributed by atoms with Gasteiger partial charge in [0.15, 0.2) is 0 Å². The maximum Gasteiger partial charge on any atom is 0.421 e. The predicted molar refractivity (Wildman–Crippen MR) is 106 cm³/mol. The van der Waals surface area contributed by atoms with Gasteiger partial charge in [-0.25, -0.2) is 4.98 Å². The molecule has 1 unspecified atom stereocenters. The minimum Gasteiger partial charge on any atom is -0.496 e. The molecular formula is C19H22F3N5O4. The lowest BCUT2D eigenvalue weighted by Crippen LogP contribution is -2.37. The van der Waals surface area contributed by atoms with Crippen LogP contribution in [0.5, 0.6) is 11.5 Å². The maximum absolute atomic E-state index is 13.1. The molecule has 0 saturated carbocycles. The Bertz CT molecular complexity index is 941. The highest BCUT2D eigenvalue weighted by Gasteiger charge is 2.35. The van der Waals surface area contributed by atoms with E-state index in [1.807, 2.05) is 0 Å². The summed E-state index contributed by atoms with van der Waals surface area (Å²) in [6, 6.07) is 3.29. The van der Waals surface area contributed by atoms with Crippen molar-refractivity contribution in [2.24, 2.45) is 0 Å². The topological polar surface area (TPSA) is 97.8 Å². The minimum absolute atomic E-state index is 0.0634. The summed E-state index contributed by atoms with van der Waals surface area (Å²) in [5, 5.41) is 5.28. The summed E-state index contributed by atoms with van der Waals surface area (Å²) in [6.07, 6.45) is -3.55. The van der Waals surface area contributed by atoms with E-state index in [1.54, 1.807) is 17.0 Å². The summed E-state index contributed by atoms with van der Waals surface area (Å²) < 4.78 is 55.9. The molecule has 1 aromatic heterocycles. The van der Waals surface area contributed by atoms with Crippen molar-refractivity contribution >= 4 is 23.9 Å². The largest absolute Gasteiger partial charge is 0.496 e. The zero-order valence-electron chi connectivity index (χ0n) is 17.1. The Hall–Kier alpha value is -3.28. The van der Waals surface area contributed by atoms with Gasteiger partial charge in [0.05, 0.1) is 33.1 Å². The lowest BCUT2D eigenvalue weighted by molar-refractivity contribution is -0.137. The Morgan fingerprint density at radius 1 is 1.26 bits per heavy atom. The lowest BCUT2D eigenvalue weighted by atomic mass is 10.0. The van der Waals surface area contributed by atoms with Gasteiger partial charge in [0.25, 0.3) is 0 Å². The van der Waals surface area contributed by atoms with E-state index in [2.05, 4.69) is 20.6 Å². The number of methoxy groups -OCH3 is 2. The van der Waals surface area contributed by atoms with E-state index in [0.717, 1.165) is 6.41 Å². The number of halogens is 3. The zero-order chi connectivity index (χ0) is 22.6. The van der Waals surface area contributed by atoms with Crippen molar-refractivity contribution in [3.05, 3.63) is 29.5 Å². The maximum atomic E-state index is 13.1. The summed E-state index contributed by atoms with van der Waals surface area (Å²) >= 11 is 0. The number of anilines is 3. The number of carbonyl (C=O) groups is 1. The molecule has 9 nitrogen and oxygen atoms in total. The van der Waals surface area contributed by atoms with Crippen molar-refractivity contribution in [1.29, 1.82) is 0 Å². The first-order chi connectivity index (χ1) is 14.8. The first kappa shape index (κ1) is 22.4. The van der Waals surface area contributed by atoms with Gasteiger partial charge in [-0.15, -0.1) is 0 Å². The zero-order valence-corrected chi connectivity index (χ0v) is 17.1. The number of ether oxygens (including phenoxy) is 3. The van der Waals surface area contributed by atoms with Crippen LogP contribution in [0.3, 0.4) is 0 Å². The molecule has 0 bridgehead atoms. The fourth-order valence-corrected chi connectivity index (χ4v) is 3.18. The van der Waals surface area contributed by atoms with Crippen LogP contribution in [-0.2, 0) is 15.7 Å². The van der Waals surface area contributed by atoms with Gasteiger partial charge in [-0.05, 0) is 6.07 Å². The summed E-state index contributed by atoms with van der Waals surface area (Å²) in [6.45, 7) is 1.22. The monoisotopic (exact) mass is 441 g/mol. The van der Waals surface area contributed by atoms with Crippen molar-refractivity contribution in [2.45, 2.75) is 12.3 Å². The Labute approximate surface area is 176 Å². The number of nitrogens with zero attached hydrogens (tertiary/aromatic N) is 3. The highest BCUT2D eigenvalue weighted by atomic mass is 19.4. The molecule has 1 atom stereocenters. The van der Waals surface area contributed by atoms with E-state index in [4.69, 9.17) is 14.2 Å². The smallest absolute Gasteiger partial charge is 0.421 e. The molecule has 2 N–H and O–H groups in total. The van der Waals surface area contributed by atoms with Crippen LogP contribution in [0.25, 0.3) is 0 Å². The van der Waals surface area contributed by atoms with E-state index < -0.39 is 17.8 Å². The number of carbonyl (C=O) groups excluding carboxylic acids is 1. The molecule has 2 heterocycles. The predicted octanol–water partition coefficient (Wildman–Crippen LogP) is 2.83. The van der Waals surface area contributed by atoms with Crippen LogP contribution in [0.15, 0.2) is 18.3 Å². The molecule has 2 aromatic rings. The van der Waals surface area contributed by atoms with Gasteiger partial charge < -0.3 is 29.7 Å². The van der Waals surface area contributed by atoms with Crippen LogP contribution in [-0.4, -0.2) is 62.2 Å². The third-order valence-corrected chi connectivity index (χ3v) is 4.72. The van der Waals surface area contributed by atoms with Crippen molar-refractivity contribution in [2.75, 3.05) is 51.6 Å². The van der Waals surface area contributed by atoms with Crippen molar-refractivity contribution in [1.82, 2.24) is 14.9 Å². The molecule has 1 saturated heterocycles. The van der Waals surface area contributed by atoms with Crippen LogP contribution in [0.2, 0.25) is 0 Å². The number of amides is 1. The molecule has 0 spiro atoms. The van der Waals surface area contributed by atoms with E-state index in [1.165, 1.54) is 21.3 Å². The van der Waals surface area contributed by atoms with Gasteiger partial charge in [-0.2, -0.15) is 18.2 Å². The molecule has 0 aliphatic carbocycles. The van der Waals surface area contributed by atoms with E-state index >= 15 is 0 Å². The molecule has 1 fully saturated rings. The first-order valence-electron chi connectivity index (χ1n) is 9.26. The molecule has 1 aliphatic heterocycles. The SMILES string of the molecule is CNc1nc(Nc2cc(OC)c(C3CN(C=O)CCO3)cc2OC)ncc1C(F)(F)F. The third kappa shape index (κ3) is 4.90. The van der Waals surface area contributed by atoms with Crippen molar-refractivity contribution in [3.8, 4) is 11.5 Å². The summed E-state index contributed by atoms with van der Waals surface area (Å²) in [5.74, 6) is 0.391. The van der Waals surface area contributed by atoms with Crippen molar-refractivity contribution in [3.63, 3.8) is 0 Å². The third-order valence-electron chi connectivity index (χ3n) is 4.72. The highest BCUT2D eigenvalue weighted by Crippen LogP contribution is 2.40. The fraction of sp³-hybridized carbons (Fsp3) is 0.421. The Morgan fingerprint density at radius 3 is 2.61 bits per heavy atom. The first-order valence-corrected chi connectivity index (χ1v) is 9.26. The van der Waals surface area contributed by atoms with Gasteiger partial charge in [-0.1, -0.05) is 0 Å². The average molecular weight is 441 g/mol. The van der Waals surface area contributed by atoms with Crippen molar-refractivity contribution < 1.29 is 32.2 Å². The van der Waals surface area contributed by atoms with Crippen LogP contribution < -0.4 is 20.1 Å². The van der Waals surface area contributed by atoms with Crippen LogP contribution in [0.1, 0.15) is 17.2 Å². The number of hydrogen-bond donors (Lipinski definition) is 2. The molecule has 1 aliphatic rings. The van der Waals surface area contributed by atoms with E-state index in [0.29, 0.717) is 48.6 Å². The second-order valence-electron chi connectivity index (χ2n) is 6.58. The van der Waals surface area contributed by atoms with Gasteiger partial charge in [-0.3, -0.25) is 4.79 Å². The Balaban J connectivity index is 1.94. The van der Waals surface area contributed by atoms with E-state index in [-0.39, 0.29) is 11.8 Å². The van der Waals surface area contributed by atoms with Gasteiger partial charge >= 0.3 is 6.18 Å². The number of rotatable bonds is 7. The van der Waals surface area contributed by atoms with E-state index in [9.17, 15) is 18.0 Å². The summed E-state index contributed by atoms with van der Waals surface area (Å²) in [4.78, 5) is 20.4. The summed E-state index contributed by atoms with van der Waals surface area (Å²) in [5.41, 5.74) is 0.0725. The average Bonchev–Trinajstić information content (AvgIpc) is 2.77. The fourth-order valence-electron chi connectivity index (χ4n) is 3.18. The molecule has 12 heteroatoms. The summed E-state index contributed by atoms with van der Waals surface area (Å²) in [7, 11) is 4.26. The molecule has 31 heavy (non-hydrogen) atoms.